The number of carbonyl (C=O) groups is 2. The first-order valence-electron chi connectivity index (χ1n) is 6.79. The van der Waals surface area contributed by atoms with Crippen LogP contribution in [0.2, 0.25) is 0 Å². The van der Waals surface area contributed by atoms with Crippen molar-refractivity contribution in [1.29, 1.82) is 0 Å². The fraction of sp³-hybridized carbons (Fsp3) is 0.846. The number of hydrogen-bond donors (Lipinski definition) is 2. The van der Waals surface area contributed by atoms with Crippen LogP contribution in [-0.2, 0) is 4.79 Å². The highest BCUT2D eigenvalue weighted by atomic mass is 16.2. The molecule has 1 saturated heterocycles. The summed E-state index contributed by atoms with van der Waals surface area (Å²) in [5.41, 5.74) is 5.02. The number of carbonyl (C=O) groups excluding carboxylic acids is 2. The van der Waals surface area contributed by atoms with Crippen LogP contribution in [0.4, 0.5) is 4.79 Å². The zero-order valence-electron chi connectivity index (χ0n) is 11.4. The van der Waals surface area contributed by atoms with Crippen molar-refractivity contribution in [3.63, 3.8) is 0 Å². The van der Waals surface area contributed by atoms with Crippen molar-refractivity contribution in [2.24, 2.45) is 17.6 Å². The van der Waals surface area contributed by atoms with E-state index in [1.165, 1.54) is 4.90 Å². The molecular formula is C13H23N3O2. The van der Waals surface area contributed by atoms with Crippen LogP contribution in [-0.4, -0.2) is 35.0 Å². The minimum Gasteiger partial charge on any atom is -0.326 e. The highest BCUT2D eigenvalue weighted by Crippen LogP contribution is 2.42. The van der Waals surface area contributed by atoms with Crippen LogP contribution in [0.3, 0.4) is 0 Å². The van der Waals surface area contributed by atoms with E-state index in [2.05, 4.69) is 19.2 Å². The molecule has 3 N–H and O–H groups in total. The predicted octanol–water partition coefficient (Wildman–Crippen LogP) is 1.08. The Labute approximate surface area is 108 Å². The lowest BCUT2D eigenvalue weighted by Gasteiger charge is -2.42. The third-order valence-corrected chi connectivity index (χ3v) is 4.46. The lowest BCUT2D eigenvalue weighted by atomic mass is 9.67. The molecule has 2 fully saturated rings. The molecule has 5 heteroatoms. The summed E-state index contributed by atoms with van der Waals surface area (Å²) in [7, 11) is 0. The van der Waals surface area contributed by atoms with Gasteiger partial charge in [-0.1, -0.05) is 20.3 Å². The maximum Gasteiger partial charge on any atom is 0.325 e. The van der Waals surface area contributed by atoms with E-state index < -0.39 is 5.54 Å². The zero-order valence-corrected chi connectivity index (χ0v) is 11.4. The van der Waals surface area contributed by atoms with E-state index in [0.29, 0.717) is 6.54 Å². The van der Waals surface area contributed by atoms with Gasteiger partial charge in [0, 0.05) is 12.6 Å². The van der Waals surface area contributed by atoms with Gasteiger partial charge in [0.05, 0.1) is 0 Å². The van der Waals surface area contributed by atoms with Crippen LogP contribution in [0, 0.1) is 11.8 Å². The third-order valence-electron chi connectivity index (χ3n) is 4.46. The molecule has 0 aromatic heterocycles. The third kappa shape index (κ3) is 1.81. The van der Waals surface area contributed by atoms with Crippen LogP contribution in [0.5, 0.6) is 0 Å². The molecule has 1 saturated carbocycles. The summed E-state index contributed by atoms with van der Waals surface area (Å²) < 4.78 is 0. The van der Waals surface area contributed by atoms with Gasteiger partial charge in [-0.2, -0.15) is 0 Å². The van der Waals surface area contributed by atoms with Gasteiger partial charge in [0.15, 0.2) is 0 Å². The molecule has 102 valence electrons. The normalized spacial score (nSPS) is 38.1. The summed E-state index contributed by atoms with van der Waals surface area (Å²) in [6.07, 6.45) is 3.10. The van der Waals surface area contributed by atoms with Gasteiger partial charge in [0.2, 0.25) is 0 Å². The molecule has 1 aliphatic heterocycles. The fourth-order valence-electron chi connectivity index (χ4n) is 3.41. The standard InChI is InChI=1S/C13H23N3O2/c1-8-5-4-6-9(2)13(8)11(17)16(7-10(3)14)12(18)15-13/h8-10H,4-7,14H2,1-3H3,(H,15,18). The second kappa shape index (κ2) is 4.53. The van der Waals surface area contributed by atoms with E-state index in [-0.39, 0.29) is 29.8 Å². The van der Waals surface area contributed by atoms with Crippen molar-refractivity contribution in [2.75, 3.05) is 6.54 Å². The number of nitrogens with two attached hydrogens (primary N) is 1. The Bertz CT molecular complexity index is 357. The van der Waals surface area contributed by atoms with Crippen molar-refractivity contribution in [2.45, 2.75) is 51.6 Å². The molecule has 0 aromatic carbocycles. The lowest BCUT2D eigenvalue weighted by molar-refractivity contribution is -0.136. The molecule has 3 unspecified atom stereocenters. The second-order valence-electron chi connectivity index (χ2n) is 5.93. The number of imide groups is 1. The SMILES string of the molecule is CC(N)CN1C(=O)NC2(C1=O)C(C)CCCC2C. The van der Waals surface area contributed by atoms with E-state index in [4.69, 9.17) is 5.73 Å². The van der Waals surface area contributed by atoms with Crippen LogP contribution < -0.4 is 11.1 Å². The smallest absolute Gasteiger partial charge is 0.325 e. The summed E-state index contributed by atoms with van der Waals surface area (Å²) in [6, 6.07) is -0.470. The molecular weight excluding hydrogens is 230 g/mol. The molecule has 1 spiro atoms. The minimum atomic E-state index is -0.690. The summed E-state index contributed by atoms with van der Waals surface area (Å²) in [5.74, 6) is 0.302. The first-order valence-corrected chi connectivity index (χ1v) is 6.79. The molecule has 18 heavy (non-hydrogen) atoms. The molecule has 0 bridgehead atoms. The van der Waals surface area contributed by atoms with Gasteiger partial charge >= 0.3 is 6.03 Å². The van der Waals surface area contributed by atoms with Crippen LogP contribution >= 0.6 is 0 Å². The number of nitrogens with zero attached hydrogens (tertiary/aromatic N) is 1. The first kappa shape index (κ1) is 13.3. The van der Waals surface area contributed by atoms with Gasteiger partial charge < -0.3 is 11.1 Å². The Balaban J connectivity index is 2.29. The van der Waals surface area contributed by atoms with Gasteiger partial charge in [-0.05, 0) is 31.6 Å². The molecule has 3 amide bonds. The topological polar surface area (TPSA) is 75.4 Å². The van der Waals surface area contributed by atoms with Gasteiger partial charge in [-0.3, -0.25) is 9.69 Å². The highest BCUT2D eigenvalue weighted by Gasteiger charge is 2.58. The Morgan fingerprint density at radius 1 is 1.39 bits per heavy atom. The molecule has 2 rings (SSSR count). The Kier molecular flexibility index (Phi) is 3.36. The van der Waals surface area contributed by atoms with Crippen molar-refractivity contribution in [3.8, 4) is 0 Å². The fourth-order valence-corrected chi connectivity index (χ4v) is 3.41. The van der Waals surface area contributed by atoms with E-state index in [9.17, 15) is 9.59 Å². The van der Waals surface area contributed by atoms with E-state index in [1.807, 2.05) is 0 Å². The minimum absolute atomic E-state index is 0.0792. The Morgan fingerprint density at radius 2 is 1.94 bits per heavy atom. The zero-order chi connectivity index (χ0) is 13.5. The quantitative estimate of drug-likeness (QED) is 0.723. The van der Waals surface area contributed by atoms with Crippen LogP contribution in [0.15, 0.2) is 0 Å². The van der Waals surface area contributed by atoms with E-state index in [0.717, 1.165) is 19.3 Å². The van der Waals surface area contributed by atoms with Gasteiger partial charge in [-0.25, -0.2) is 4.79 Å². The molecule has 3 atom stereocenters. The monoisotopic (exact) mass is 253 g/mol. The van der Waals surface area contributed by atoms with Crippen molar-refractivity contribution in [1.82, 2.24) is 10.2 Å². The molecule has 1 aliphatic carbocycles. The molecule has 2 aliphatic rings. The molecule has 1 heterocycles. The average Bonchev–Trinajstić information content (AvgIpc) is 2.52. The summed E-state index contributed by atoms with van der Waals surface area (Å²) in [6.45, 7) is 6.22. The molecule has 0 aromatic rings. The maximum absolute atomic E-state index is 12.6. The number of nitrogens with one attached hydrogen (secondary N) is 1. The van der Waals surface area contributed by atoms with Crippen molar-refractivity contribution < 1.29 is 9.59 Å². The first-order chi connectivity index (χ1) is 8.39. The summed E-state index contributed by atoms with van der Waals surface area (Å²) in [5, 5.41) is 2.96. The van der Waals surface area contributed by atoms with Gasteiger partial charge in [-0.15, -0.1) is 0 Å². The predicted molar refractivity (Wildman–Crippen MR) is 68.8 cm³/mol. The van der Waals surface area contributed by atoms with E-state index >= 15 is 0 Å². The van der Waals surface area contributed by atoms with Crippen LogP contribution in [0.25, 0.3) is 0 Å². The number of hydrogen-bond acceptors (Lipinski definition) is 3. The van der Waals surface area contributed by atoms with Gasteiger partial charge in [0.25, 0.3) is 5.91 Å². The second-order valence-corrected chi connectivity index (χ2v) is 5.93. The number of amides is 3. The van der Waals surface area contributed by atoms with Crippen LogP contribution in [0.1, 0.15) is 40.0 Å². The van der Waals surface area contributed by atoms with E-state index in [1.54, 1.807) is 6.92 Å². The molecule has 5 nitrogen and oxygen atoms in total. The van der Waals surface area contributed by atoms with Crippen molar-refractivity contribution in [3.05, 3.63) is 0 Å². The Morgan fingerprint density at radius 3 is 2.44 bits per heavy atom. The Hall–Kier alpha value is -1.10. The average molecular weight is 253 g/mol. The summed E-state index contributed by atoms with van der Waals surface area (Å²) >= 11 is 0. The maximum atomic E-state index is 12.6. The summed E-state index contributed by atoms with van der Waals surface area (Å²) in [4.78, 5) is 26.0. The molecule has 0 radical (unpaired) electrons. The number of rotatable bonds is 2. The van der Waals surface area contributed by atoms with Gasteiger partial charge in [0.1, 0.15) is 5.54 Å². The highest BCUT2D eigenvalue weighted by molar-refractivity contribution is 6.07. The lowest BCUT2D eigenvalue weighted by Crippen LogP contribution is -2.59. The number of urea groups is 1. The van der Waals surface area contributed by atoms with Crippen molar-refractivity contribution >= 4 is 11.9 Å². The largest absolute Gasteiger partial charge is 0.326 e.